The van der Waals surface area contributed by atoms with Crippen LogP contribution >= 0.6 is 11.8 Å². The molecule has 78 valence electrons. The third-order valence-corrected chi connectivity index (χ3v) is 4.17. The molecule has 1 fully saturated rings. The Kier molecular flexibility index (Phi) is 2.09. The molecule has 4 heteroatoms. The second-order valence-corrected chi connectivity index (χ2v) is 5.08. The van der Waals surface area contributed by atoms with Gasteiger partial charge >= 0.3 is 0 Å². The molecular weight excluding hydrogens is 208 g/mol. The molecule has 3 heterocycles. The quantitative estimate of drug-likeness (QED) is 0.802. The topological polar surface area (TPSA) is 37.5 Å². The number of aromatic hydroxyl groups is 1. The summed E-state index contributed by atoms with van der Waals surface area (Å²) in [5, 5.41) is 10.2. The number of rotatable bonds is 1. The van der Waals surface area contributed by atoms with E-state index in [2.05, 4.69) is 4.98 Å². The fraction of sp³-hybridized carbons (Fsp3) is 0.364. The lowest BCUT2D eigenvalue weighted by molar-refractivity contribution is 0.479. The van der Waals surface area contributed by atoms with Crippen molar-refractivity contribution in [3.8, 4) is 5.75 Å². The smallest absolute Gasteiger partial charge is 0.141 e. The van der Waals surface area contributed by atoms with Crippen LogP contribution in [-0.4, -0.2) is 20.2 Å². The highest BCUT2D eigenvalue weighted by Crippen LogP contribution is 2.39. The van der Waals surface area contributed by atoms with Crippen LogP contribution in [0.4, 0.5) is 0 Å². The number of nitrogens with zero attached hydrogens (tertiary/aromatic N) is 2. The molecule has 1 atom stereocenters. The summed E-state index contributed by atoms with van der Waals surface area (Å²) in [5.74, 6) is 2.60. The number of aromatic nitrogens is 2. The first-order chi connectivity index (χ1) is 7.36. The van der Waals surface area contributed by atoms with Crippen molar-refractivity contribution in [1.82, 2.24) is 9.38 Å². The highest BCUT2D eigenvalue weighted by Gasteiger charge is 2.22. The first-order valence-corrected chi connectivity index (χ1v) is 6.17. The molecule has 1 unspecified atom stereocenters. The molecule has 15 heavy (non-hydrogen) atoms. The highest BCUT2D eigenvalue weighted by atomic mass is 32.2. The molecule has 0 aliphatic carbocycles. The van der Waals surface area contributed by atoms with Crippen LogP contribution in [0.3, 0.4) is 0 Å². The largest absolute Gasteiger partial charge is 0.506 e. The van der Waals surface area contributed by atoms with Crippen molar-refractivity contribution in [1.29, 1.82) is 0 Å². The van der Waals surface area contributed by atoms with E-state index in [0.717, 1.165) is 11.3 Å². The van der Waals surface area contributed by atoms with Gasteiger partial charge < -0.3 is 5.11 Å². The second kappa shape index (κ2) is 3.45. The Balaban J connectivity index is 2.15. The van der Waals surface area contributed by atoms with Crippen molar-refractivity contribution in [2.75, 3.05) is 5.75 Å². The molecule has 1 aliphatic heterocycles. The number of hydrogen-bond donors (Lipinski definition) is 1. The zero-order valence-electron chi connectivity index (χ0n) is 8.26. The van der Waals surface area contributed by atoms with Gasteiger partial charge in [0, 0.05) is 6.20 Å². The van der Waals surface area contributed by atoms with Crippen LogP contribution in [0.5, 0.6) is 5.75 Å². The average molecular weight is 220 g/mol. The summed E-state index contributed by atoms with van der Waals surface area (Å²) in [7, 11) is 0. The van der Waals surface area contributed by atoms with E-state index >= 15 is 0 Å². The summed E-state index contributed by atoms with van der Waals surface area (Å²) in [4.78, 5) is 4.42. The number of fused-ring (bicyclic) bond motifs is 1. The van der Waals surface area contributed by atoms with Crippen molar-refractivity contribution < 1.29 is 5.11 Å². The summed E-state index contributed by atoms with van der Waals surface area (Å²) < 4.78 is 2.00. The van der Waals surface area contributed by atoms with Crippen molar-refractivity contribution in [2.45, 2.75) is 18.1 Å². The summed E-state index contributed by atoms with van der Waals surface area (Å²) in [6.45, 7) is 0. The van der Waals surface area contributed by atoms with Gasteiger partial charge in [-0.25, -0.2) is 4.98 Å². The van der Waals surface area contributed by atoms with Crippen LogP contribution in [0.25, 0.3) is 5.52 Å². The lowest BCUT2D eigenvalue weighted by Gasteiger charge is -2.07. The molecule has 3 nitrogen and oxygen atoms in total. The molecule has 1 saturated heterocycles. The molecule has 0 amide bonds. The predicted octanol–water partition coefficient (Wildman–Crippen LogP) is 2.61. The minimum absolute atomic E-state index is 0.305. The van der Waals surface area contributed by atoms with Gasteiger partial charge in [-0.2, -0.15) is 11.8 Å². The minimum Gasteiger partial charge on any atom is -0.506 e. The fourth-order valence-electron chi connectivity index (χ4n) is 2.05. The third-order valence-electron chi connectivity index (χ3n) is 2.79. The molecule has 2 aromatic heterocycles. The van der Waals surface area contributed by atoms with E-state index in [4.69, 9.17) is 0 Å². The molecule has 3 rings (SSSR count). The fourth-order valence-corrected chi connectivity index (χ4v) is 3.32. The van der Waals surface area contributed by atoms with Gasteiger partial charge in [0.1, 0.15) is 17.1 Å². The second-order valence-electron chi connectivity index (χ2n) is 3.77. The lowest BCUT2D eigenvalue weighted by Crippen LogP contribution is -1.97. The van der Waals surface area contributed by atoms with Crippen LogP contribution in [0, 0.1) is 0 Å². The predicted molar refractivity (Wildman–Crippen MR) is 61.3 cm³/mol. The molecule has 0 spiro atoms. The minimum atomic E-state index is 0.305. The molecule has 0 aromatic carbocycles. The van der Waals surface area contributed by atoms with Gasteiger partial charge in [0.05, 0.1) is 11.4 Å². The Morgan fingerprint density at radius 1 is 1.53 bits per heavy atom. The lowest BCUT2D eigenvalue weighted by atomic mass is 10.2. The van der Waals surface area contributed by atoms with E-state index in [-0.39, 0.29) is 0 Å². The third kappa shape index (κ3) is 1.40. The Morgan fingerprint density at radius 2 is 2.47 bits per heavy atom. The Labute approximate surface area is 92.1 Å². The van der Waals surface area contributed by atoms with Crippen LogP contribution in [0.2, 0.25) is 0 Å². The van der Waals surface area contributed by atoms with E-state index in [1.165, 1.54) is 18.6 Å². The van der Waals surface area contributed by atoms with E-state index in [1.54, 1.807) is 12.3 Å². The van der Waals surface area contributed by atoms with Gasteiger partial charge in [-0.05, 0) is 30.7 Å². The standard InChI is InChI=1S/C11H12N2OS/c14-9-3-1-5-13-8(9)7-12-11(13)10-4-2-6-15-10/h1,3,5,7,10,14H,2,4,6H2. The van der Waals surface area contributed by atoms with Gasteiger partial charge in [0.25, 0.3) is 0 Å². The maximum atomic E-state index is 9.66. The van der Waals surface area contributed by atoms with Crippen LogP contribution in [-0.2, 0) is 0 Å². The number of thioether (sulfide) groups is 1. The number of imidazole rings is 1. The first-order valence-electron chi connectivity index (χ1n) is 5.13. The summed E-state index contributed by atoms with van der Waals surface area (Å²) in [6.07, 6.45) is 6.18. The van der Waals surface area contributed by atoms with Gasteiger partial charge in [0.2, 0.25) is 0 Å². The van der Waals surface area contributed by atoms with Crippen LogP contribution in [0.1, 0.15) is 23.9 Å². The molecule has 0 saturated carbocycles. The Morgan fingerprint density at radius 3 is 3.27 bits per heavy atom. The van der Waals surface area contributed by atoms with Crippen molar-refractivity contribution in [3.05, 3.63) is 30.4 Å². The number of hydrogen-bond acceptors (Lipinski definition) is 3. The molecule has 0 bridgehead atoms. The molecule has 1 N–H and O–H groups in total. The zero-order chi connectivity index (χ0) is 10.3. The Bertz CT molecular complexity index is 488. The maximum absolute atomic E-state index is 9.66. The molecule has 2 aromatic rings. The average Bonchev–Trinajstić information content (AvgIpc) is 2.85. The monoisotopic (exact) mass is 220 g/mol. The van der Waals surface area contributed by atoms with Crippen LogP contribution < -0.4 is 0 Å². The summed E-state index contributed by atoms with van der Waals surface area (Å²) >= 11 is 1.96. The highest BCUT2D eigenvalue weighted by molar-refractivity contribution is 7.99. The van der Waals surface area contributed by atoms with E-state index in [9.17, 15) is 5.11 Å². The zero-order valence-corrected chi connectivity index (χ0v) is 9.07. The van der Waals surface area contributed by atoms with E-state index in [0.29, 0.717) is 11.0 Å². The van der Waals surface area contributed by atoms with Gasteiger partial charge in [-0.3, -0.25) is 4.40 Å². The summed E-state index contributed by atoms with van der Waals surface area (Å²) in [6, 6.07) is 3.55. The van der Waals surface area contributed by atoms with Gasteiger partial charge in [-0.1, -0.05) is 0 Å². The SMILES string of the molecule is Oc1cccn2c(C3CCCS3)ncc12. The maximum Gasteiger partial charge on any atom is 0.141 e. The molecule has 1 aliphatic rings. The molecule has 0 radical (unpaired) electrons. The van der Waals surface area contributed by atoms with Crippen molar-refractivity contribution in [2.24, 2.45) is 0 Å². The van der Waals surface area contributed by atoms with E-state index in [1.807, 2.05) is 28.4 Å². The normalized spacial score (nSPS) is 21.2. The molecular formula is C11H12N2OS. The van der Waals surface area contributed by atoms with Crippen LogP contribution in [0.15, 0.2) is 24.5 Å². The first kappa shape index (κ1) is 9.09. The van der Waals surface area contributed by atoms with Crippen molar-refractivity contribution in [3.63, 3.8) is 0 Å². The van der Waals surface area contributed by atoms with E-state index < -0.39 is 0 Å². The van der Waals surface area contributed by atoms with Crippen molar-refractivity contribution >= 4 is 17.3 Å². The summed E-state index contributed by atoms with van der Waals surface area (Å²) in [5.41, 5.74) is 0.806. The Hall–Kier alpha value is -1.16. The number of pyridine rings is 1. The van der Waals surface area contributed by atoms with Gasteiger partial charge in [0.15, 0.2) is 0 Å². The van der Waals surface area contributed by atoms with Gasteiger partial charge in [-0.15, -0.1) is 0 Å².